The lowest BCUT2D eigenvalue weighted by atomic mass is 10.3. The summed E-state index contributed by atoms with van der Waals surface area (Å²) in [5.41, 5.74) is 0.871. The van der Waals surface area contributed by atoms with Crippen molar-refractivity contribution in [2.45, 2.75) is 0 Å². The first-order chi connectivity index (χ1) is 6.81. The Hall–Kier alpha value is -1.97. The number of benzene rings is 1. The van der Waals surface area contributed by atoms with Gasteiger partial charge in [-0.1, -0.05) is 18.2 Å². The molecule has 14 heavy (non-hydrogen) atoms. The molecule has 2 aromatic rings. The summed E-state index contributed by atoms with van der Waals surface area (Å²) in [5.74, 6) is 0. The molecular formula is C10H10N2O2. The Morgan fingerprint density at radius 3 is 2.93 bits per heavy atom. The molecule has 1 amide bonds. The lowest BCUT2D eigenvalue weighted by Gasteiger charge is -2.04. The van der Waals surface area contributed by atoms with E-state index in [1.54, 1.807) is 6.20 Å². The minimum absolute atomic E-state index is 0.480. The molecule has 1 N–H and O–H groups in total. The normalized spacial score (nSPS) is 10.1. The standard InChI is InChI=1S/C10H10N2O2/c1-11-10(13)14-12-7-6-8-4-2-3-5-9(8)12/h2-7H,1H3,(H,11,13). The molecule has 0 aliphatic carbocycles. The average molecular weight is 190 g/mol. The van der Waals surface area contributed by atoms with Crippen LogP contribution >= 0.6 is 0 Å². The lowest BCUT2D eigenvalue weighted by Crippen LogP contribution is -2.28. The fraction of sp³-hybridized carbons (Fsp3) is 0.100. The van der Waals surface area contributed by atoms with Gasteiger partial charge in [-0.15, -0.1) is 0 Å². The predicted octanol–water partition coefficient (Wildman–Crippen LogP) is 1.41. The zero-order valence-corrected chi connectivity index (χ0v) is 7.73. The zero-order chi connectivity index (χ0) is 9.97. The molecule has 1 aromatic carbocycles. The summed E-state index contributed by atoms with van der Waals surface area (Å²) >= 11 is 0. The molecule has 1 aromatic heterocycles. The number of fused-ring (bicyclic) bond motifs is 1. The molecule has 0 atom stereocenters. The maximum Gasteiger partial charge on any atom is 0.431 e. The third-order valence-corrected chi connectivity index (χ3v) is 1.95. The van der Waals surface area contributed by atoms with Crippen molar-refractivity contribution >= 4 is 17.0 Å². The van der Waals surface area contributed by atoms with Gasteiger partial charge in [-0.3, -0.25) is 0 Å². The van der Waals surface area contributed by atoms with Crippen LogP contribution in [0.2, 0.25) is 0 Å². The van der Waals surface area contributed by atoms with Crippen LogP contribution in [0.3, 0.4) is 0 Å². The molecule has 0 unspecified atom stereocenters. The molecule has 0 fully saturated rings. The number of carbonyl (C=O) groups excluding carboxylic acids is 1. The first-order valence-electron chi connectivity index (χ1n) is 4.27. The van der Waals surface area contributed by atoms with E-state index < -0.39 is 6.09 Å². The van der Waals surface area contributed by atoms with E-state index >= 15 is 0 Å². The molecule has 0 aliphatic heterocycles. The average Bonchev–Trinajstić information content (AvgIpc) is 2.62. The third kappa shape index (κ3) is 1.42. The largest absolute Gasteiger partial charge is 0.431 e. The van der Waals surface area contributed by atoms with Crippen LogP contribution in [0.15, 0.2) is 36.5 Å². The summed E-state index contributed by atoms with van der Waals surface area (Å²) in [6.07, 6.45) is 1.23. The zero-order valence-electron chi connectivity index (χ0n) is 7.73. The van der Waals surface area contributed by atoms with Crippen LogP contribution < -0.4 is 10.2 Å². The number of hydrogen-bond acceptors (Lipinski definition) is 2. The van der Waals surface area contributed by atoms with Crippen molar-refractivity contribution in [3.63, 3.8) is 0 Å². The van der Waals surface area contributed by atoms with Crippen LogP contribution in [0, 0.1) is 0 Å². The van der Waals surface area contributed by atoms with E-state index in [2.05, 4.69) is 5.32 Å². The van der Waals surface area contributed by atoms with E-state index in [1.807, 2.05) is 30.3 Å². The first-order valence-corrected chi connectivity index (χ1v) is 4.27. The van der Waals surface area contributed by atoms with Gasteiger partial charge in [-0.2, -0.15) is 4.73 Å². The summed E-state index contributed by atoms with van der Waals surface area (Å²) in [6.45, 7) is 0. The van der Waals surface area contributed by atoms with E-state index in [-0.39, 0.29) is 0 Å². The molecule has 4 heteroatoms. The van der Waals surface area contributed by atoms with Crippen molar-refractivity contribution < 1.29 is 9.63 Å². The van der Waals surface area contributed by atoms with Gasteiger partial charge < -0.3 is 10.2 Å². The monoisotopic (exact) mass is 190 g/mol. The van der Waals surface area contributed by atoms with Crippen molar-refractivity contribution in [3.8, 4) is 0 Å². The molecule has 0 aliphatic rings. The predicted molar refractivity (Wildman–Crippen MR) is 53.0 cm³/mol. The van der Waals surface area contributed by atoms with Gasteiger partial charge in [0.2, 0.25) is 0 Å². The fourth-order valence-electron chi connectivity index (χ4n) is 1.27. The van der Waals surface area contributed by atoms with Gasteiger partial charge in [0.25, 0.3) is 0 Å². The second-order valence-electron chi connectivity index (χ2n) is 2.83. The van der Waals surface area contributed by atoms with E-state index in [9.17, 15) is 4.79 Å². The van der Waals surface area contributed by atoms with Crippen LogP contribution in [0.5, 0.6) is 0 Å². The van der Waals surface area contributed by atoms with Crippen molar-refractivity contribution in [2.24, 2.45) is 0 Å². The molecule has 2 rings (SSSR count). The molecule has 72 valence electrons. The Morgan fingerprint density at radius 1 is 1.36 bits per heavy atom. The van der Waals surface area contributed by atoms with Crippen molar-refractivity contribution in [2.75, 3.05) is 7.05 Å². The second kappa shape index (κ2) is 3.41. The van der Waals surface area contributed by atoms with Crippen LogP contribution in [-0.4, -0.2) is 17.9 Å². The molecule has 0 bridgehead atoms. The number of amides is 1. The van der Waals surface area contributed by atoms with Gasteiger partial charge in [-0.05, 0) is 12.1 Å². The lowest BCUT2D eigenvalue weighted by molar-refractivity contribution is 0.141. The Balaban J connectivity index is 2.38. The van der Waals surface area contributed by atoms with Crippen molar-refractivity contribution in [1.29, 1.82) is 0 Å². The third-order valence-electron chi connectivity index (χ3n) is 1.95. The summed E-state index contributed by atoms with van der Waals surface area (Å²) in [6, 6.07) is 9.56. The van der Waals surface area contributed by atoms with E-state index in [4.69, 9.17) is 4.84 Å². The molecule has 4 nitrogen and oxygen atoms in total. The minimum atomic E-state index is -0.480. The van der Waals surface area contributed by atoms with Crippen molar-refractivity contribution in [1.82, 2.24) is 10.0 Å². The maximum atomic E-state index is 11.0. The molecule has 1 heterocycles. The van der Waals surface area contributed by atoms with Gasteiger partial charge in [0.15, 0.2) is 0 Å². The van der Waals surface area contributed by atoms with Crippen molar-refractivity contribution in [3.05, 3.63) is 36.5 Å². The van der Waals surface area contributed by atoms with Crippen LogP contribution in [-0.2, 0) is 0 Å². The smallest absolute Gasteiger partial charge is 0.323 e. The van der Waals surface area contributed by atoms with Crippen LogP contribution in [0.1, 0.15) is 0 Å². The number of para-hydroxylation sites is 1. The number of nitrogens with one attached hydrogen (secondary N) is 1. The number of carbonyl (C=O) groups is 1. The van der Waals surface area contributed by atoms with Crippen LogP contribution in [0.25, 0.3) is 10.9 Å². The second-order valence-corrected chi connectivity index (χ2v) is 2.83. The highest BCUT2D eigenvalue weighted by Gasteiger charge is 2.03. The van der Waals surface area contributed by atoms with Crippen LogP contribution in [0.4, 0.5) is 4.79 Å². The molecule has 0 saturated carbocycles. The number of hydrogen-bond donors (Lipinski definition) is 1. The van der Waals surface area contributed by atoms with E-state index in [1.165, 1.54) is 11.8 Å². The molecule has 0 radical (unpaired) electrons. The highest BCUT2D eigenvalue weighted by molar-refractivity contribution is 5.80. The minimum Gasteiger partial charge on any atom is -0.323 e. The molecule has 0 saturated heterocycles. The quantitative estimate of drug-likeness (QED) is 0.738. The van der Waals surface area contributed by atoms with Gasteiger partial charge in [-0.25, -0.2) is 4.79 Å². The van der Waals surface area contributed by atoms with E-state index in [0.29, 0.717) is 0 Å². The molecule has 0 spiro atoms. The Kier molecular flexibility index (Phi) is 2.10. The fourth-order valence-corrected chi connectivity index (χ4v) is 1.27. The highest BCUT2D eigenvalue weighted by atomic mass is 16.7. The summed E-state index contributed by atoms with van der Waals surface area (Å²) in [7, 11) is 1.52. The number of nitrogens with zero attached hydrogens (tertiary/aromatic N) is 1. The van der Waals surface area contributed by atoms with Gasteiger partial charge in [0.05, 0.1) is 5.52 Å². The molecular weight excluding hydrogens is 180 g/mol. The highest BCUT2D eigenvalue weighted by Crippen LogP contribution is 2.13. The Morgan fingerprint density at radius 2 is 2.14 bits per heavy atom. The maximum absolute atomic E-state index is 11.0. The summed E-state index contributed by atoms with van der Waals surface area (Å²) in [5, 5.41) is 3.42. The first kappa shape index (κ1) is 8.62. The summed E-state index contributed by atoms with van der Waals surface area (Å²) < 4.78 is 1.44. The summed E-state index contributed by atoms with van der Waals surface area (Å²) in [4.78, 5) is 16.0. The van der Waals surface area contributed by atoms with Gasteiger partial charge in [0.1, 0.15) is 0 Å². The SMILES string of the molecule is CNC(=O)On1ccc2ccccc21. The van der Waals surface area contributed by atoms with Gasteiger partial charge in [0, 0.05) is 18.6 Å². The Bertz CT molecular complexity index is 462. The van der Waals surface area contributed by atoms with E-state index in [0.717, 1.165) is 10.9 Å². The number of rotatable bonds is 1. The van der Waals surface area contributed by atoms with Gasteiger partial charge >= 0.3 is 6.09 Å². The number of aromatic nitrogens is 1. The topological polar surface area (TPSA) is 43.3 Å². The Labute approximate surface area is 81.0 Å².